The SMILES string of the molecule is CCOc1ccc(C2(CNC(=O)c3cc(S(=O)(=O)N(C)C)ccc3Cl)CCOCC2)cc1. The lowest BCUT2D eigenvalue weighted by Gasteiger charge is -2.38. The van der Waals surface area contributed by atoms with Gasteiger partial charge in [0.2, 0.25) is 10.0 Å². The number of hydrogen-bond acceptors (Lipinski definition) is 5. The van der Waals surface area contributed by atoms with Crippen LogP contribution in [0.1, 0.15) is 35.7 Å². The van der Waals surface area contributed by atoms with Crippen LogP contribution in [0.4, 0.5) is 0 Å². The summed E-state index contributed by atoms with van der Waals surface area (Å²) < 4.78 is 37.1. The summed E-state index contributed by atoms with van der Waals surface area (Å²) in [6, 6.07) is 12.1. The zero-order chi connectivity index (χ0) is 23.4. The van der Waals surface area contributed by atoms with Gasteiger partial charge in [0.05, 0.1) is 22.1 Å². The Morgan fingerprint density at radius 2 is 1.81 bits per heavy atom. The van der Waals surface area contributed by atoms with Gasteiger partial charge in [0, 0.05) is 39.3 Å². The van der Waals surface area contributed by atoms with E-state index in [0.29, 0.717) is 26.4 Å². The number of benzene rings is 2. The first kappa shape index (κ1) is 24.5. The Bertz CT molecular complexity index is 1050. The van der Waals surface area contributed by atoms with Crippen LogP contribution >= 0.6 is 11.6 Å². The summed E-state index contributed by atoms with van der Waals surface area (Å²) in [6.07, 6.45) is 1.51. The second-order valence-corrected chi connectivity index (χ2v) is 10.5. The highest BCUT2D eigenvalue weighted by molar-refractivity contribution is 7.89. The Kier molecular flexibility index (Phi) is 7.82. The lowest BCUT2D eigenvalue weighted by molar-refractivity contribution is 0.0487. The van der Waals surface area contributed by atoms with Gasteiger partial charge in [-0.15, -0.1) is 0 Å². The van der Waals surface area contributed by atoms with E-state index >= 15 is 0 Å². The van der Waals surface area contributed by atoms with Crippen LogP contribution in [0.5, 0.6) is 5.75 Å². The largest absolute Gasteiger partial charge is 0.494 e. The Labute approximate surface area is 194 Å². The quantitative estimate of drug-likeness (QED) is 0.625. The number of halogens is 1. The van der Waals surface area contributed by atoms with Crippen molar-refractivity contribution in [1.82, 2.24) is 9.62 Å². The number of carbonyl (C=O) groups is 1. The van der Waals surface area contributed by atoms with Gasteiger partial charge in [0.15, 0.2) is 0 Å². The predicted molar refractivity (Wildman–Crippen MR) is 124 cm³/mol. The molecule has 1 N–H and O–H groups in total. The van der Waals surface area contributed by atoms with Crippen LogP contribution in [-0.4, -0.2) is 59.1 Å². The van der Waals surface area contributed by atoms with E-state index in [2.05, 4.69) is 5.32 Å². The predicted octanol–water partition coefficient (Wildman–Crippen LogP) is 3.47. The molecular weight excluding hydrogens is 452 g/mol. The molecule has 7 nitrogen and oxygen atoms in total. The monoisotopic (exact) mass is 480 g/mol. The van der Waals surface area contributed by atoms with E-state index in [-0.39, 0.29) is 20.9 Å². The van der Waals surface area contributed by atoms with Crippen molar-refractivity contribution >= 4 is 27.5 Å². The molecule has 0 spiro atoms. The smallest absolute Gasteiger partial charge is 0.252 e. The van der Waals surface area contributed by atoms with E-state index in [0.717, 1.165) is 28.5 Å². The van der Waals surface area contributed by atoms with E-state index in [1.165, 1.54) is 32.3 Å². The van der Waals surface area contributed by atoms with Crippen molar-refractivity contribution in [3.63, 3.8) is 0 Å². The number of rotatable bonds is 8. The first-order valence-electron chi connectivity index (χ1n) is 10.5. The first-order chi connectivity index (χ1) is 15.2. The van der Waals surface area contributed by atoms with Crippen molar-refractivity contribution in [3.8, 4) is 5.75 Å². The highest BCUT2D eigenvalue weighted by atomic mass is 35.5. The molecule has 9 heteroatoms. The van der Waals surface area contributed by atoms with Crippen molar-refractivity contribution in [2.45, 2.75) is 30.1 Å². The molecule has 174 valence electrons. The fourth-order valence-electron chi connectivity index (χ4n) is 3.80. The third-order valence-corrected chi connectivity index (χ3v) is 7.92. The molecule has 32 heavy (non-hydrogen) atoms. The maximum Gasteiger partial charge on any atom is 0.252 e. The van der Waals surface area contributed by atoms with Crippen LogP contribution in [0, 0.1) is 0 Å². The van der Waals surface area contributed by atoms with Crippen LogP contribution < -0.4 is 10.1 Å². The topological polar surface area (TPSA) is 84.9 Å². The molecule has 0 atom stereocenters. The number of amides is 1. The molecule has 2 aromatic carbocycles. The molecule has 1 amide bonds. The van der Waals surface area contributed by atoms with Gasteiger partial charge in [-0.2, -0.15) is 0 Å². The number of sulfonamides is 1. The lowest BCUT2D eigenvalue weighted by Crippen LogP contribution is -2.44. The summed E-state index contributed by atoms with van der Waals surface area (Å²) in [5.41, 5.74) is 0.932. The Balaban J connectivity index is 1.83. The number of nitrogens with zero attached hydrogens (tertiary/aromatic N) is 1. The molecule has 0 radical (unpaired) electrons. The fraction of sp³-hybridized carbons (Fsp3) is 0.435. The average Bonchev–Trinajstić information content (AvgIpc) is 2.79. The van der Waals surface area contributed by atoms with Gasteiger partial charge in [-0.05, 0) is 55.7 Å². The molecule has 1 aliphatic rings. The molecule has 1 aliphatic heterocycles. The molecule has 1 fully saturated rings. The Morgan fingerprint density at radius 1 is 1.16 bits per heavy atom. The third kappa shape index (κ3) is 5.26. The summed E-state index contributed by atoms with van der Waals surface area (Å²) in [5, 5.41) is 3.17. The standard InChI is InChI=1S/C23H29ClN2O5S/c1-4-31-18-7-5-17(6-8-18)23(11-13-30-14-12-23)16-25-22(27)20-15-19(9-10-21(20)24)32(28,29)26(2)3/h5-10,15H,4,11-14,16H2,1-3H3,(H,25,27). The molecule has 0 aromatic heterocycles. The summed E-state index contributed by atoms with van der Waals surface area (Å²) in [7, 11) is -0.803. The molecule has 0 aliphatic carbocycles. The van der Waals surface area contributed by atoms with E-state index in [4.69, 9.17) is 21.1 Å². The number of nitrogens with one attached hydrogen (secondary N) is 1. The number of ether oxygens (including phenoxy) is 2. The highest BCUT2D eigenvalue weighted by Gasteiger charge is 2.35. The van der Waals surface area contributed by atoms with E-state index in [9.17, 15) is 13.2 Å². The minimum atomic E-state index is -3.68. The minimum Gasteiger partial charge on any atom is -0.494 e. The zero-order valence-electron chi connectivity index (χ0n) is 18.6. The maximum absolute atomic E-state index is 13.0. The van der Waals surface area contributed by atoms with E-state index in [1.807, 2.05) is 31.2 Å². The number of hydrogen-bond donors (Lipinski definition) is 1. The van der Waals surface area contributed by atoms with Gasteiger partial charge in [-0.1, -0.05) is 23.7 Å². The van der Waals surface area contributed by atoms with Crippen molar-refractivity contribution in [3.05, 3.63) is 58.6 Å². The van der Waals surface area contributed by atoms with Gasteiger partial charge in [-0.3, -0.25) is 4.79 Å². The Hall–Kier alpha value is -2.13. The van der Waals surface area contributed by atoms with Gasteiger partial charge >= 0.3 is 0 Å². The van der Waals surface area contributed by atoms with Crippen molar-refractivity contribution in [2.75, 3.05) is 40.5 Å². The summed E-state index contributed by atoms with van der Waals surface area (Å²) in [4.78, 5) is 13.0. The summed E-state index contributed by atoms with van der Waals surface area (Å²) in [6.45, 7) is 4.11. The maximum atomic E-state index is 13.0. The second kappa shape index (κ2) is 10.2. The van der Waals surface area contributed by atoms with Crippen LogP contribution in [-0.2, 0) is 20.2 Å². The van der Waals surface area contributed by atoms with Crippen molar-refractivity contribution < 1.29 is 22.7 Å². The van der Waals surface area contributed by atoms with Gasteiger partial charge < -0.3 is 14.8 Å². The fourth-order valence-corrected chi connectivity index (χ4v) is 4.93. The normalized spacial score (nSPS) is 16.0. The van der Waals surface area contributed by atoms with Crippen LogP contribution in [0.15, 0.2) is 47.4 Å². The molecule has 0 unspecified atom stereocenters. The average molecular weight is 481 g/mol. The molecule has 0 saturated carbocycles. The van der Waals surface area contributed by atoms with Crippen LogP contribution in [0.25, 0.3) is 0 Å². The van der Waals surface area contributed by atoms with E-state index in [1.54, 1.807) is 0 Å². The molecule has 3 rings (SSSR count). The van der Waals surface area contributed by atoms with Gasteiger partial charge in [0.25, 0.3) is 5.91 Å². The second-order valence-electron chi connectivity index (χ2n) is 7.96. The zero-order valence-corrected chi connectivity index (χ0v) is 20.1. The summed E-state index contributed by atoms with van der Waals surface area (Å²) >= 11 is 6.24. The molecule has 1 heterocycles. The number of carbonyl (C=O) groups excluding carboxylic acids is 1. The minimum absolute atomic E-state index is 0.0179. The van der Waals surface area contributed by atoms with E-state index < -0.39 is 15.9 Å². The lowest BCUT2D eigenvalue weighted by atomic mass is 9.74. The molecule has 2 aromatic rings. The highest BCUT2D eigenvalue weighted by Crippen LogP contribution is 2.35. The molecular formula is C23H29ClN2O5S. The van der Waals surface area contributed by atoms with Crippen molar-refractivity contribution in [2.24, 2.45) is 0 Å². The molecule has 1 saturated heterocycles. The summed E-state index contributed by atoms with van der Waals surface area (Å²) in [5.74, 6) is 0.385. The third-order valence-electron chi connectivity index (χ3n) is 5.78. The van der Waals surface area contributed by atoms with Crippen LogP contribution in [0.2, 0.25) is 5.02 Å². The van der Waals surface area contributed by atoms with Gasteiger partial charge in [0.1, 0.15) is 5.75 Å². The van der Waals surface area contributed by atoms with Crippen LogP contribution in [0.3, 0.4) is 0 Å². The Morgan fingerprint density at radius 3 is 2.41 bits per heavy atom. The first-order valence-corrected chi connectivity index (χ1v) is 12.3. The van der Waals surface area contributed by atoms with Gasteiger partial charge in [-0.25, -0.2) is 12.7 Å². The van der Waals surface area contributed by atoms with Crippen molar-refractivity contribution in [1.29, 1.82) is 0 Å². The molecule has 0 bridgehead atoms.